The number of carbonyl (C=O) groups excluding carboxylic acids is 2. The Hall–Kier alpha value is -4.53. The Balaban J connectivity index is 1.21. The molecule has 0 unspecified atom stereocenters. The molecule has 10 heteroatoms. The summed E-state index contributed by atoms with van der Waals surface area (Å²) in [4.78, 5) is 32.6. The summed E-state index contributed by atoms with van der Waals surface area (Å²) in [6.45, 7) is 12.4. The molecule has 0 atom stereocenters. The first kappa shape index (κ1) is 29.9. The van der Waals surface area contributed by atoms with Crippen LogP contribution in [0.25, 0.3) is 21.6 Å². The number of carbonyl (C=O) groups is 2. The second-order valence-electron chi connectivity index (χ2n) is 12.1. The summed E-state index contributed by atoms with van der Waals surface area (Å²) in [6.07, 6.45) is -0.873. The average Bonchev–Trinajstić information content (AvgIpc) is 3.29. The van der Waals surface area contributed by atoms with Crippen molar-refractivity contribution in [2.24, 2.45) is 5.11 Å². The van der Waals surface area contributed by atoms with Crippen LogP contribution in [0.3, 0.4) is 0 Å². The highest BCUT2D eigenvalue weighted by atomic mass is 16.6. The normalized spacial score (nSPS) is 14.9. The van der Waals surface area contributed by atoms with Crippen LogP contribution in [0.15, 0.2) is 59.7 Å². The van der Waals surface area contributed by atoms with Crippen molar-refractivity contribution < 1.29 is 19.1 Å². The third kappa shape index (κ3) is 6.61. The van der Waals surface area contributed by atoms with E-state index in [0.717, 1.165) is 11.1 Å². The second kappa shape index (κ2) is 12.4. The van der Waals surface area contributed by atoms with Crippen LogP contribution >= 0.6 is 0 Å². The number of nitrogens with one attached hydrogen (secondary N) is 1. The minimum absolute atomic E-state index is 0.0240. The van der Waals surface area contributed by atoms with E-state index in [0.29, 0.717) is 56.3 Å². The second-order valence-corrected chi connectivity index (χ2v) is 12.1. The molecule has 1 N–H and O–H groups in total. The predicted octanol–water partition coefficient (Wildman–Crippen LogP) is 7.66. The van der Waals surface area contributed by atoms with Crippen molar-refractivity contribution in [2.45, 2.75) is 52.7 Å². The first-order valence-electron chi connectivity index (χ1n) is 14.6. The SMILES string of the molecule is Cc1c(CN2CCN(C(=O)OCC3c4ccccc4-c4ccccc43)CC2)cc(N=[N+]=[N-])c(C)c1NC(=O)OC(C)(C)C. The van der Waals surface area contributed by atoms with E-state index in [1.165, 1.54) is 22.3 Å². The molecule has 0 radical (unpaired) electrons. The van der Waals surface area contributed by atoms with E-state index in [-0.39, 0.29) is 12.0 Å². The summed E-state index contributed by atoms with van der Waals surface area (Å²) in [5.41, 5.74) is 16.8. The van der Waals surface area contributed by atoms with Gasteiger partial charge in [-0.05, 0) is 85.2 Å². The predicted molar refractivity (Wildman–Crippen MR) is 166 cm³/mol. The molecular weight excluding hydrogens is 544 g/mol. The van der Waals surface area contributed by atoms with Gasteiger partial charge in [0, 0.05) is 49.2 Å². The Bertz CT molecular complexity index is 1540. The molecule has 43 heavy (non-hydrogen) atoms. The van der Waals surface area contributed by atoms with Crippen LogP contribution in [-0.4, -0.2) is 60.4 Å². The maximum Gasteiger partial charge on any atom is 0.412 e. The van der Waals surface area contributed by atoms with Crippen LogP contribution in [-0.2, 0) is 16.0 Å². The fourth-order valence-electron chi connectivity index (χ4n) is 5.88. The van der Waals surface area contributed by atoms with E-state index in [4.69, 9.17) is 15.0 Å². The molecule has 1 saturated heterocycles. The van der Waals surface area contributed by atoms with E-state index in [9.17, 15) is 9.59 Å². The number of fused-ring (bicyclic) bond motifs is 3. The average molecular weight is 583 g/mol. The Labute approximate surface area is 252 Å². The third-order valence-corrected chi connectivity index (χ3v) is 8.07. The zero-order chi connectivity index (χ0) is 30.7. The molecule has 1 heterocycles. The number of azide groups is 1. The lowest BCUT2D eigenvalue weighted by molar-refractivity contribution is 0.0635. The van der Waals surface area contributed by atoms with Gasteiger partial charge < -0.3 is 14.4 Å². The molecule has 0 aromatic heterocycles. The number of hydrogen-bond donors (Lipinski definition) is 1. The molecule has 1 aliphatic heterocycles. The molecule has 3 aromatic rings. The summed E-state index contributed by atoms with van der Waals surface area (Å²) < 4.78 is 11.3. The Morgan fingerprint density at radius 2 is 1.58 bits per heavy atom. The first-order valence-corrected chi connectivity index (χ1v) is 14.6. The molecule has 2 amide bonds. The standard InChI is InChI=1S/C33H38N6O4/c1-21-23(18-29(36-37-34)22(2)30(21)35-31(40)43-33(3,4)5)19-38-14-16-39(17-15-38)32(41)42-20-28-26-12-8-6-10-24(26)25-11-7-9-13-27(25)28/h6-13,18,28H,14-17,19-20H2,1-5H3,(H,35,40). The van der Waals surface area contributed by atoms with Crippen molar-refractivity contribution in [3.8, 4) is 11.1 Å². The molecule has 3 aromatic carbocycles. The molecule has 2 aliphatic rings. The number of piperazine rings is 1. The van der Waals surface area contributed by atoms with Crippen molar-refractivity contribution >= 4 is 23.6 Å². The van der Waals surface area contributed by atoms with Crippen molar-refractivity contribution in [1.82, 2.24) is 9.80 Å². The fourth-order valence-corrected chi connectivity index (χ4v) is 5.88. The number of hydrogen-bond acceptors (Lipinski definition) is 6. The lowest BCUT2D eigenvalue weighted by Gasteiger charge is -2.35. The minimum atomic E-state index is -0.649. The number of anilines is 1. The quantitative estimate of drug-likeness (QED) is 0.182. The minimum Gasteiger partial charge on any atom is -0.448 e. The third-order valence-electron chi connectivity index (χ3n) is 8.07. The van der Waals surface area contributed by atoms with Crippen molar-refractivity contribution in [3.63, 3.8) is 0 Å². The van der Waals surface area contributed by atoms with Crippen molar-refractivity contribution in [2.75, 3.05) is 38.1 Å². The molecule has 5 rings (SSSR count). The summed E-state index contributed by atoms with van der Waals surface area (Å²) in [5.74, 6) is 0.0240. The highest BCUT2D eigenvalue weighted by Gasteiger charge is 2.30. The lowest BCUT2D eigenvalue weighted by atomic mass is 9.98. The van der Waals surface area contributed by atoms with Crippen LogP contribution < -0.4 is 5.32 Å². The maximum atomic E-state index is 13.1. The van der Waals surface area contributed by atoms with Gasteiger partial charge in [-0.25, -0.2) is 9.59 Å². The van der Waals surface area contributed by atoms with E-state index in [1.807, 2.05) is 37.3 Å². The summed E-state index contributed by atoms with van der Waals surface area (Å²) >= 11 is 0. The van der Waals surface area contributed by atoms with Crippen LogP contribution in [0.2, 0.25) is 0 Å². The summed E-state index contributed by atoms with van der Waals surface area (Å²) in [5, 5.41) is 6.71. The van der Waals surface area contributed by atoms with E-state index in [1.54, 1.807) is 32.6 Å². The number of amides is 2. The monoisotopic (exact) mass is 582 g/mol. The van der Waals surface area contributed by atoms with Gasteiger partial charge in [-0.15, -0.1) is 0 Å². The molecule has 224 valence electrons. The van der Waals surface area contributed by atoms with E-state index >= 15 is 0 Å². The molecule has 1 fully saturated rings. The number of benzene rings is 3. The smallest absolute Gasteiger partial charge is 0.412 e. The molecule has 0 bridgehead atoms. The van der Waals surface area contributed by atoms with Gasteiger partial charge in [0.1, 0.15) is 12.2 Å². The summed E-state index contributed by atoms with van der Waals surface area (Å²) in [6, 6.07) is 18.5. The zero-order valence-electron chi connectivity index (χ0n) is 25.4. The van der Waals surface area contributed by atoms with Gasteiger partial charge in [0.05, 0.1) is 5.69 Å². The van der Waals surface area contributed by atoms with Gasteiger partial charge in [0.15, 0.2) is 0 Å². The first-order chi connectivity index (χ1) is 20.6. The van der Waals surface area contributed by atoms with Crippen LogP contribution in [0, 0.1) is 13.8 Å². The topological polar surface area (TPSA) is 120 Å². The van der Waals surface area contributed by atoms with E-state index in [2.05, 4.69) is 44.5 Å². The highest BCUT2D eigenvalue weighted by Crippen LogP contribution is 2.44. The molecule has 0 saturated carbocycles. The lowest BCUT2D eigenvalue weighted by Crippen LogP contribution is -2.48. The number of rotatable bonds is 6. The van der Waals surface area contributed by atoms with Crippen LogP contribution in [0.1, 0.15) is 54.5 Å². The Morgan fingerprint density at radius 1 is 0.977 bits per heavy atom. The number of nitrogens with zero attached hydrogens (tertiary/aromatic N) is 5. The van der Waals surface area contributed by atoms with Gasteiger partial charge in [-0.3, -0.25) is 10.2 Å². The Kier molecular flexibility index (Phi) is 8.62. The maximum absolute atomic E-state index is 13.1. The zero-order valence-corrected chi connectivity index (χ0v) is 25.4. The summed E-state index contributed by atoms with van der Waals surface area (Å²) in [7, 11) is 0. The molecule has 1 aliphatic carbocycles. The van der Waals surface area contributed by atoms with Gasteiger partial charge in [0.2, 0.25) is 0 Å². The molecule has 0 spiro atoms. The largest absolute Gasteiger partial charge is 0.448 e. The van der Waals surface area contributed by atoms with Crippen LogP contribution in [0.4, 0.5) is 21.0 Å². The van der Waals surface area contributed by atoms with Gasteiger partial charge in [-0.1, -0.05) is 53.6 Å². The highest BCUT2D eigenvalue weighted by molar-refractivity contribution is 5.89. The Morgan fingerprint density at radius 3 is 2.16 bits per heavy atom. The van der Waals surface area contributed by atoms with Crippen molar-refractivity contribution in [1.29, 1.82) is 0 Å². The van der Waals surface area contributed by atoms with E-state index < -0.39 is 11.7 Å². The van der Waals surface area contributed by atoms with Gasteiger partial charge in [-0.2, -0.15) is 0 Å². The van der Waals surface area contributed by atoms with Gasteiger partial charge in [0.25, 0.3) is 0 Å². The number of ether oxygens (including phenoxy) is 2. The van der Waals surface area contributed by atoms with Gasteiger partial charge >= 0.3 is 12.2 Å². The fraction of sp³-hybridized carbons (Fsp3) is 0.394. The van der Waals surface area contributed by atoms with Crippen molar-refractivity contribution in [3.05, 3.63) is 92.9 Å². The van der Waals surface area contributed by atoms with Crippen LogP contribution in [0.5, 0.6) is 0 Å². The molecular formula is C33H38N6O4. The molecule has 10 nitrogen and oxygen atoms in total.